The normalized spacial score (nSPS) is 15.9. The Labute approximate surface area is 380 Å². The summed E-state index contributed by atoms with van der Waals surface area (Å²) >= 11 is 0. The molecule has 1 heteroatoms. The lowest BCUT2D eigenvalue weighted by atomic mass is 9.68. The van der Waals surface area contributed by atoms with Crippen LogP contribution in [0.15, 0.2) is 170 Å². The zero-order valence-electron chi connectivity index (χ0n) is 38.6. The summed E-state index contributed by atoms with van der Waals surface area (Å²) in [5.41, 5.74) is 26.0. The Hall–Kier alpha value is -6.44. The summed E-state index contributed by atoms with van der Waals surface area (Å²) in [4.78, 5) is 2.53. The molecule has 1 nitrogen and oxygen atoms in total. The van der Waals surface area contributed by atoms with Crippen LogP contribution in [0.3, 0.4) is 0 Å². The number of fused-ring (bicyclic) bond motifs is 13. The van der Waals surface area contributed by atoms with Gasteiger partial charge in [0.05, 0.1) is 5.41 Å². The van der Waals surface area contributed by atoms with Gasteiger partial charge in [-0.25, -0.2) is 0 Å². The van der Waals surface area contributed by atoms with Gasteiger partial charge in [-0.05, 0) is 161 Å². The van der Waals surface area contributed by atoms with E-state index in [0.29, 0.717) is 5.92 Å². The maximum atomic E-state index is 2.56. The molecular weight excluding hydrogens is 771 g/mol. The van der Waals surface area contributed by atoms with Crippen LogP contribution in [0.4, 0.5) is 17.1 Å². The molecule has 0 heterocycles. The summed E-state index contributed by atoms with van der Waals surface area (Å²) in [6.07, 6.45) is 2.57. The van der Waals surface area contributed by atoms with Crippen molar-refractivity contribution in [2.45, 2.75) is 95.8 Å². The van der Waals surface area contributed by atoms with Crippen LogP contribution in [0.5, 0.6) is 0 Å². The number of hydrogen-bond acceptors (Lipinski definition) is 1. The largest absolute Gasteiger partial charge is 0.310 e. The molecule has 0 unspecified atom stereocenters. The molecule has 0 saturated heterocycles. The second-order valence-electron chi connectivity index (χ2n) is 21.7. The maximum absolute atomic E-state index is 2.56. The van der Waals surface area contributed by atoms with E-state index in [2.05, 4.69) is 230 Å². The van der Waals surface area contributed by atoms with Crippen molar-refractivity contribution in [1.29, 1.82) is 0 Å². The molecule has 1 fully saturated rings. The SMILES string of the molecule is CC(C)(C)c1ccc2c(c1)C1(c3ccccc3-c3ccc(N(c4ccc(-c5ccccc5C5CC5)cc4)c4ccc5c(c4)C(C)(C)c4ccccc4-5)cc31)c1cc(C(C)(C)C)ccc1-2. The smallest absolute Gasteiger partial charge is 0.0726 e. The molecule has 314 valence electrons. The van der Waals surface area contributed by atoms with E-state index in [9.17, 15) is 0 Å². The quantitative estimate of drug-likeness (QED) is 0.167. The lowest BCUT2D eigenvalue weighted by Gasteiger charge is -2.34. The van der Waals surface area contributed by atoms with Crippen LogP contribution in [0.25, 0.3) is 44.5 Å². The molecule has 8 aromatic carbocycles. The lowest BCUT2D eigenvalue weighted by Crippen LogP contribution is -2.27. The van der Waals surface area contributed by atoms with Gasteiger partial charge in [0.15, 0.2) is 0 Å². The Morgan fingerprint density at radius 1 is 0.391 bits per heavy atom. The summed E-state index contributed by atoms with van der Waals surface area (Å²) in [7, 11) is 0. The van der Waals surface area contributed by atoms with Crippen LogP contribution in [0, 0.1) is 0 Å². The minimum Gasteiger partial charge on any atom is -0.310 e. The molecule has 0 radical (unpaired) electrons. The second-order valence-corrected chi connectivity index (χ2v) is 21.7. The van der Waals surface area contributed by atoms with Crippen molar-refractivity contribution in [3.63, 3.8) is 0 Å². The Kier molecular flexibility index (Phi) is 8.29. The summed E-state index contributed by atoms with van der Waals surface area (Å²) in [6.45, 7) is 18.9. The van der Waals surface area contributed by atoms with Crippen molar-refractivity contribution < 1.29 is 0 Å². The van der Waals surface area contributed by atoms with Crippen LogP contribution in [-0.2, 0) is 21.7 Å². The first-order chi connectivity index (χ1) is 30.7. The average Bonchev–Trinajstić information content (AvgIpc) is 4.01. The molecule has 4 aliphatic rings. The number of benzene rings is 8. The summed E-state index contributed by atoms with van der Waals surface area (Å²) in [5.74, 6) is 0.680. The van der Waals surface area contributed by atoms with Crippen LogP contribution in [0.1, 0.15) is 124 Å². The molecule has 0 N–H and O–H groups in total. The molecule has 1 spiro atoms. The predicted molar refractivity (Wildman–Crippen MR) is 270 cm³/mol. The second kappa shape index (κ2) is 13.5. The zero-order valence-corrected chi connectivity index (χ0v) is 38.6. The van der Waals surface area contributed by atoms with Crippen molar-refractivity contribution in [2.24, 2.45) is 0 Å². The third-order valence-electron chi connectivity index (χ3n) is 15.4. The number of rotatable bonds is 5. The van der Waals surface area contributed by atoms with E-state index in [1.807, 2.05) is 0 Å². The first-order valence-electron chi connectivity index (χ1n) is 23.5. The fraction of sp³-hybridized carbons (Fsp3) is 0.238. The molecular formula is C63H57N. The van der Waals surface area contributed by atoms with Crippen LogP contribution in [-0.4, -0.2) is 0 Å². The van der Waals surface area contributed by atoms with Gasteiger partial charge in [-0.15, -0.1) is 0 Å². The van der Waals surface area contributed by atoms with Crippen molar-refractivity contribution in [3.8, 4) is 44.5 Å². The molecule has 0 bridgehead atoms. The van der Waals surface area contributed by atoms with Gasteiger partial charge in [0.2, 0.25) is 0 Å². The molecule has 0 amide bonds. The van der Waals surface area contributed by atoms with E-state index >= 15 is 0 Å². The van der Waals surface area contributed by atoms with E-state index in [4.69, 9.17) is 0 Å². The first kappa shape index (κ1) is 39.2. The van der Waals surface area contributed by atoms with Crippen molar-refractivity contribution in [3.05, 3.63) is 220 Å². The Balaban J connectivity index is 1.11. The minimum absolute atomic E-state index is 0.00645. The Morgan fingerprint density at radius 2 is 0.812 bits per heavy atom. The highest BCUT2D eigenvalue weighted by atomic mass is 15.1. The molecule has 0 atom stereocenters. The van der Waals surface area contributed by atoms with E-state index in [1.165, 1.54) is 119 Å². The summed E-state index contributed by atoms with van der Waals surface area (Å²) in [6, 6.07) is 66.0. The fourth-order valence-electron chi connectivity index (χ4n) is 11.8. The predicted octanol–water partition coefficient (Wildman–Crippen LogP) is 16.9. The fourth-order valence-corrected chi connectivity index (χ4v) is 11.8. The molecule has 4 aliphatic carbocycles. The van der Waals surface area contributed by atoms with Gasteiger partial charge in [-0.1, -0.05) is 189 Å². The molecule has 12 rings (SSSR count). The van der Waals surface area contributed by atoms with Crippen LogP contribution < -0.4 is 4.90 Å². The van der Waals surface area contributed by atoms with Crippen LogP contribution >= 0.6 is 0 Å². The summed E-state index contributed by atoms with van der Waals surface area (Å²) < 4.78 is 0. The van der Waals surface area contributed by atoms with E-state index in [0.717, 1.165) is 5.69 Å². The standard InChI is InChI=1S/C63H57N/c1-60(2,3)41-25-31-51-52-32-26-42(61(4,5)6)36-58(52)63(57(51)35-41)55-20-14-12-18-49(55)53-34-30-45(38-59(53)63)64(43-27-23-40(24-28-43)47-16-10-9-15-46(47)39-21-22-39)44-29-33-50-48-17-11-13-19-54(48)62(7,8)56(50)37-44/h9-20,23-39H,21-22H2,1-8H3. The van der Waals surface area contributed by atoms with E-state index in [1.54, 1.807) is 0 Å². The van der Waals surface area contributed by atoms with E-state index in [-0.39, 0.29) is 16.2 Å². The first-order valence-corrected chi connectivity index (χ1v) is 23.5. The number of nitrogens with zero attached hydrogens (tertiary/aromatic N) is 1. The Bertz CT molecular complexity index is 3150. The van der Waals surface area contributed by atoms with Crippen LogP contribution in [0.2, 0.25) is 0 Å². The molecule has 0 aliphatic heterocycles. The summed E-state index contributed by atoms with van der Waals surface area (Å²) in [5, 5.41) is 0. The molecule has 8 aromatic rings. The highest BCUT2D eigenvalue weighted by Gasteiger charge is 2.52. The monoisotopic (exact) mass is 827 g/mol. The van der Waals surface area contributed by atoms with Gasteiger partial charge in [-0.2, -0.15) is 0 Å². The van der Waals surface area contributed by atoms with Crippen molar-refractivity contribution in [1.82, 2.24) is 0 Å². The van der Waals surface area contributed by atoms with Crippen molar-refractivity contribution in [2.75, 3.05) is 4.90 Å². The molecule has 64 heavy (non-hydrogen) atoms. The molecule has 0 aromatic heterocycles. The minimum atomic E-state index is -0.487. The number of hydrogen-bond donors (Lipinski definition) is 0. The highest BCUT2D eigenvalue weighted by molar-refractivity contribution is 5.97. The van der Waals surface area contributed by atoms with E-state index < -0.39 is 5.41 Å². The Morgan fingerprint density at radius 3 is 1.38 bits per heavy atom. The van der Waals surface area contributed by atoms with Gasteiger partial charge >= 0.3 is 0 Å². The van der Waals surface area contributed by atoms with Gasteiger partial charge < -0.3 is 4.90 Å². The zero-order chi connectivity index (χ0) is 43.9. The van der Waals surface area contributed by atoms with Gasteiger partial charge in [0, 0.05) is 22.5 Å². The van der Waals surface area contributed by atoms with Crippen molar-refractivity contribution >= 4 is 17.1 Å². The number of anilines is 3. The van der Waals surface area contributed by atoms with Gasteiger partial charge in [0.25, 0.3) is 0 Å². The topological polar surface area (TPSA) is 3.24 Å². The lowest BCUT2D eigenvalue weighted by molar-refractivity contribution is 0.586. The third kappa shape index (κ3) is 5.62. The highest BCUT2D eigenvalue weighted by Crippen LogP contribution is 2.64. The third-order valence-corrected chi connectivity index (χ3v) is 15.4. The maximum Gasteiger partial charge on any atom is 0.0726 e. The van der Waals surface area contributed by atoms with Gasteiger partial charge in [-0.3, -0.25) is 0 Å². The average molecular weight is 828 g/mol. The van der Waals surface area contributed by atoms with Gasteiger partial charge in [0.1, 0.15) is 0 Å². The molecule has 1 saturated carbocycles.